The largest absolute Gasteiger partial charge is 0.392 e. The number of nitrogens with zero attached hydrogens (tertiary/aromatic N) is 1. The molecule has 0 radical (unpaired) electrons. The fraction of sp³-hybridized carbons (Fsp3) is 1.00. The van der Waals surface area contributed by atoms with Crippen LogP contribution in [0.5, 0.6) is 0 Å². The Morgan fingerprint density at radius 3 is 2.74 bits per heavy atom. The monoisotopic (exact) mass is 269 g/mol. The van der Waals surface area contributed by atoms with Crippen molar-refractivity contribution in [2.75, 3.05) is 26.7 Å². The minimum Gasteiger partial charge on any atom is -0.392 e. The van der Waals surface area contributed by atoms with Crippen LogP contribution < -0.4 is 0 Å². The Labute approximate surface area is 118 Å². The maximum Gasteiger partial charge on any atom is 0.0724 e. The highest BCUT2D eigenvalue weighted by Crippen LogP contribution is 2.39. The molecule has 3 nitrogen and oxygen atoms in total. The summed E-state index contributed by atoms with van der Waals surface area (Å²) in [5.74, 6) is 1.10. The molecule has 2 rings (SSSR count). The summed E-state index contributed by atoms with van der Waals surface area (Å²) in [6, 6.07) is 0. The van der Waals surface area contributed by atoms with Crippen molar-refractivity contribution in [3.8, 4) is 0 Å². The molecule has 2 aliphatic rings. The Morgan fingerprint density at radius 1 is 1.32 bits per heavy atom. The van der Waals surface area contributed by atoms with Crippen molar-refractivity contribution < 1.29 is 9.84 Å². The number of likely N-dealkylation sites (tertiary alicyclic amines) is 1. The molecule has 112 valence electrons. The molecule has 0 aromatic rings. The van der Waals surface area contributed by atoms with Crippen molar-refractivity contribution >= 4 is 0 Å². The highest BCUT2D eigenvalue weighted by Gasteiger charge is 2.39. The molecule has 0 aromatic carbocycles. The van der Waals surface area contributed by atoms with Gasteiger partial charge in [0.15, 0.2) is 0 Å². The molecule has 4 unspecified atom stereocenters. The van der Waals surface area contributed by atoms with Crippen LogP contribution in [0, 0.1) is 17.3 Å². The zero-order chi connectivity index (χ0) is 14.0. The normalized spacial score (nSPS) is 40.3. The van der Waals surface area contributed by atoms with Gasteiger partial charge in [-0.1, -0.05) is 27.2 Å². The van der Waals surface area contributed by atoms with E-state index in [0.29, 0.717) is 17.9 Å². The highest BCUT2D eigenvalue weighted by molar-refractivity contribution is 4.90. The predicted molar refractivity (Wildman–Crippen MR) is 78.1 cm³/mol. The van der Waals surface area contributed by atoms with Crippen molar-refractivity contribution in [2.24, 2.45) is 17.3 Å². The van der Waals surface area contributed by atoms with Crippen LogP contribution in [0.25, 0.3) is 0 Å². The third-order valence-electron chi connectivity index (χ3n) is 5.41. The maximum absolute atomic E-state index is 10.5. The molecule has 0 spiro atoms. The molecule has 1 saturated carbocycles. The van der Waals surface area contributed by atoms with Gasteiger partial charge in [-0.25, -0.2) is 0 Å². The Kier molecular flexibility index (Phi) is 4.91. The van der Waals surface area contributed by atoms with E-state index in [2.05, 4.69) is 25.7 Å². The first-order valence-electron chi connectivity index (χ1n) is 7.87. The number of aliphatic hydroxyl groups is 1. The lowest BCUT2D eigenvalue weighted by molar-refractivity contribution is -0.0595. The molecule has 4 atom stereocenters. The molecule has 1 aliphatic carbocycles. The third-order valence-corrected chi connectivity index (χ3v) is 5.41. The van der Waals surface area contributed by atoms with Crippen LogP contribution in [0.1, 0.15) is 46.5 Å². The lowest BCUT2D eigenvalue weighted by Gasteiger charge is -2.44. The first-order valence-corrected chi connectivity index (χ1v) is 7.87. The zero-order valence-corrected chi connectivity index (χ0v) is 13.1. The third kappa shape index (κ3) is 3.50. The molecule has 1 N–H and O–H groups in total. The maximum atomic E-state index is 10.5. The zero-order valence-electron chi connectivity index (χ0n) is 13.1. The fourth-order valence-electron chi connectivity index (χ4n) is 3.86. The summed E-state index contributed by atoms with van der Waals surface area (Å²) in [5, 5.41) is 10.5. The van der Waals surface area contributed by atoms with Crippen LogP contribution in [-0.4, -0.2) is 49.0 Å². The van der Waals surface area contributed by atoms with Gasteiger partial charge in [-0.3, -0.25) is 0 Å². The summed E-state index contributed by atoms with van der Waals surface area (Å²) in [6.45, 7) is 9.92. The molecule has 1 aliphatic heterocycles. The second-order valence-corrected chi connectivity index (χ2v) is 7.39. The van der Waals surface area contributed by atoms with E-state index in [9.17, 15) is 5.11 Å². The molecule has 0 amide bonds. The number of ether oxygens (including phenoxy) is 1. The van der Waals surface area contributed by atoms with Gasteiger partial charge in [0.05, 0.1) is 12.2 Å². The molecule has 19 heavy (non-hydrogen) atoms. The van der Waals surface area contributed by atoms with Crippen molar-refractivity contribution in [3.63, 3.8) is 0 Å². The summed E-state index contributed by atoms with van der Waals surface area (Å²) >= 11 is 0. The second-order valence-electron chi connectivity index (χ2n) is 7.39. The van der Waals surface area contributed by atoms with Crippen LogP contribution >= 0.6 is 0 Å². The molecule has 2 fully saturated rings. The average molecular weight is 269 g/mol. The minimum absolute atomic E-state index is 0.0899. The summed E-state index contributed by atoms with van der Waals surface area (Å²) < 4.78 is 5.59. The lowest BCUT2D eigenvalue weighted by Crippen LogP contribution is -2.50. The van der Waals surface area contributed by atoms with Crippen LogP contribution in [0.15, 0.2) is 0 Å². The molecular weight excluding hydrogens is 238 g/mol. The van der Waals surface area contributed by atoms with E-state index in [1.54, 1.807) is 0 Å². The number of aliphatic hydroxyl groups excluding tert-OH is 1. The molecule has 0 aromatic heterocycles. The first-order chi connectivity index (χ1) is 8.94. The van der Waals surface area contributed by atoms with Gasteiger partial charge in [-0.2, -0.15) is 0 Å². The molecule has 1 saturated heterocycles. The predicted octanol–water partition coefficient (Wildman–Crippen LogP) is 2.53. The number of piperidine rings is 1. The topological polar surface area (TPSA) is 32.7 Å². The molecular formula is C16H31NO2. The lowest BCUT2D eigenvalue weighted by atomic mass is 9.69. The van der Waals surface area contributed by atoms with Crippen molar-refractivity contribution in [1.82, 2.24) is 4.90 Å². The minimum atomic E-state index is -0.151. The van der Waals surface area contributed by atoms with Gasteiger partial charge >= 0.3 is 0 Å². The van der Waals surface area contributed by atoms with Crippen LogP contribution in [0.3, 0.4) is 0 Å². The second kappa shape index (κ2) is 6.11. The summed E-state index contributed by atoms with van der Waals surface area (Å²) in [4.78, 5) is 2.50. The quantitative estimate of drug-likeness (QED) is 0.854. The van der Waals surface area contributed by atoms with Crippen molar-refractivity contribution in [3.05, 3.63) is 0 Å². The molecule has 1 heterocycles. The summed E-state index contributed by atoms with van der Waals surface area (Å²) in [5.41, 5.74) is 0.0899. The van der Waals surface area contributed by atoms with Gasteiger partial charge in [0.25, 0.3) is 0 Å². The van der Waals surface area contributed by atoms with Gasteiger partial charge in [-0.05, 0) is 43.1 Å². The van der Waals surface area contributed by atoms with E-state index in [1.807, 2.05) is 7.11 Å². The number of rotatable bonds is 3. The number of methoxy groups -OCH3 is 1. The van der Waals surface area contributed by atoms with Crippen LogP contribution in [-0.2, 0) is 4.74 Å². The molecule has 3 heteroatoms. The van der Waals surface area contributed by atoms with Crippen molar-refractivity contribution in [1.29, 1.82) is 0 Å². The van der Waals surface area contributed by atoms with E-state index < -0.39 is 0 Å². The number of hydrogen-bond acceptors (Lipinski definition) is 3. The average Bonchev–Trinajstić information content (AvgIpc) is 2.37. The van der Waals surface area contributed by atoms with Crippen LogP contribution in [0.2, 0.25) is 0 Å². The van der Waals surface area contributed by atoms with E-state index in [4.69, 9.17) is 4.74 Å². The molecule has 0 bridgehead atoms. The van der Waals surface area contributed by atoms with E-state index >= 15 is 0 Å². The highest BCUT2D eigenvalue weighted by atomic mass is 16.5. The van der Waals surface area contributed by atoms with Gasteiger partial charge in [0.1, 0.15) is 0 Å². The fourth-order valence-corrected chi connectivity index (χ4v) is 3.86. The Bertz CT molecular complexity index is 292. The summed E-state index contributed by atoms with van der Waals surface area (Å²) in [7, 11) is 1.82. The van der Waals surface area contributed by atoms with Crippen LogP contribution in [0.4, 0.5) is 0 Å². The Morgan fingerprint density at radius 2 is 2.05 bits per heavy atom. The van der Waals surface area contributed by atoms with Crippen molar-refractivity contribution in [2.45, 2.75) is 58.7 Å². The van der Waals surface area contributed by atoms with E-state index in [1.165, 1.54) is 19.3 Å². The number of hydrogen-bond donors (Lipinski definition) is 1. The SMILES string of the molecule is COC1CN(CC2CCCC(C)(C)C2O)CCC1C. The van der Waals surface area contributed by atoms with Gasteiger partial charge < -0.3 is 14.7 Å². The van der Waals surface area contributed by atoms with E-state index in [0.717, 1.165) is 26.1 Å². The Balaban J connectivity index is 1.90. The standard InChI is InChI=1S/C16H31NO2/c1-12-7-9-17(11-14(12)19-4)10-13-6-5-8-16(2,3)15(13)18/h12-15,18H,5-11H2,1-4H3. The van der Waals surface area contributed by atoms with Gasteiger partial charge in [-0.15, -0.1) is 0 Å². The summed E-state index contributed by atoms with van der Waals surface area (Å²) in [6.07, 6.45) is 5.01. The Hall–Kier alpha value is -0.120. The van der Waals surface area contributed by atoms with Gasteiger partial charge in [0, 0.05) is 20.2 Å². The van der Waals surface area contributed by atoms with E-state index in [-0.39, 0.29) is 11.5 Å². The smallest absolute Gasteiger partial charge is 0.0724 e. The first kappa shape index (κ1) is 15.3. The van der Waals surface area contributed by atoms with Gasteiger partial charge in [0.2, 0.25) is 0 Å².